The first kappa shape index (κ1) is 21.2. The number of aromatic nitrogens is 2. The summed E-state index contributed by atoms with van der Waals surface area (Å²) in [5, 5.41) is 6.21. The zero-order valence-electron chi connectivity index (χ0n) is 16.5. The second-order valence-corrected chi connectivity index (χ2v) is 6.29. The highest BCUT2D eigenvalue weighted by Gasteiger charge is 2.25. The Morgan fingerprint density at radius 3 is 2.57 bits per heavy atom. The molecule has 0 radical (unpaired) electrons. The lowest BCUT2D eigenvalue weighted by Crippen LogP contribution is -2.35. The van der Waals surface area contributed by atoms with E-state index in [-0.39, 0.29) is 31.3 Å². The molecule has 152 valence electrons. The fraction of sp³-hybridized carbons (Fsp3) is 0.444. The summed E-state index contributed by atoms with van der Waals surface area (Å²) in [6, 6.07) is 1.57. The minimum absolute atomic E-state index is 0.115. The van der Waals surface area contributed by atoms with Gasteiger partial charge in [0.2, 0.25) is 5.91 Å². The van der Waals surface area contributed by atoms with Crippen LogP contribution >= 0.6 is 0 Å². The van der Waals surface area contributed by atoms with Gasteiger partial charge < -0.3 is 29.2 Å². The maximum absolute atomic E-state index is 12.7. The number of carbonyl (C=O) groups excluding carboxylic acids is 3. The highest BCUT2D eigenvalue weighted by molar-refractivity contribution is 6.02. The van der Waals surface area contributed by atoms with Crippen molar-refractivity contribution in [3.63, 3.8) is 0 Å². The van der Waals surface area contributed by atoms with Crippen molar-refractivity contribution in [3.05, 3.63) is 34.3 Å². The molecule has 2 heterocycles. The van der Waals surface area contributed by atoms with Crippen LogP contribution in [0.2, 0.25) is 0 Å². The molecule has 0 aliphatic heterocycles. The van der Waals surface area contributed by atoms with Crippen LogP contribution in [-0.2, 0) is 14.3 Å². The lowest BCUT2D eigenvalue weighted by Gasteiger charge is -2.16. The number of rotatable bonds is 8. The summed E-state index contributed by atoms with van der Waals surface area (Å²) in [4.78, 5) is 41.2. The predicted octanol–water partition coefficient (Wildman–Crippen LogP) is 1.44. The summed E-state index contributed by atoms with van der Waals surface area (Å²) in [6.45, 7) is 5.22. The van der Waals surface area contributed by atoms with Gasteiger partial charge in [-0.3, -0.25) is 9.59 Å². The summed E-state index contributed by atoms with van der Waals surface area (Å²) in [5.41, 5.74) is 1.50. The number of nitrogens with one attached hydrogen (secondary N) is 2. The molecule has 0 spiro atoms. The number of amides is 2. The Morgan fingerprint density at radius 2 is 1.96 bits per heavy atom. The molecule has 0 aliphatic rings. The number of nitrogens with zero attached hydrogens (tertiary/aromatic N) is 2. The third kappa shape index (κ3) is 4.97. The summed E-state index contributed by atoms with van der Waals surface area (Å²) in [6.07, 6.45) is 0. The monoisotopic (exact) mass is 392 g/mol. The van der Waals surface area contributed by atoms with Gasteiger partial charge >= 0.3 is 5.97 Å². The van der Waals surface area contributed by atoms with Crippen molar-refractivity contribution in [2.45, 2.75) is 20.8 Å². The molecule has 0 saturated heterocycles. The molecule has 2 aromatic heterocycles. The van der Waals surface area contributed by atoms with Crippen LogP contribution in [0.3, 0.4) is 0 Å². The van der Waals surface area contributed by atoms with Crippen molar-refractivity contribution in [1.82, 2.24) is 15.0 Å². The normalized spacial score (nSPS) is 10.6. The Bertz CT molecular complexity index is 870. The first-order valence-corrected chi connectivity index (χ1v) is 8.58. The second kappa shape index (κ2) is 9.18. The molecule has 0 saturated carbocycles. The molecular weight excluding hydrogens is 368 g/mol. The SMILES string of the molecule is COCCOC(=O)c1c(C)[nH]c(C(=O)N(C)CC(=O)Nc2cc(C)on2)c1C. The fourth-order valence-electron chi connectivity index (χ4n) is 2.65. The molecule has 0 aliphatic carbocycles. The van der Waals surface area contributed by atoms with Crippen LogP contribution in [0.25, 0.3) is 0 Å². The summed E-state index contributed by atoms with van der Waals surface area (Å²) < 4.78 is 14.9. The van der Waals surface area contributed by atoms with E-state index in [9.17, 15) is 14.4 Å². The van der Waals surface area contributed by atoms with Crippen LogP contribution in [0.4, 0.5) is 5.82 Å². The van der Waals surface area contributed by atoms with Gasteiger partial charge in [-0.25, -0.2) is 4.79 Å². The standard InChI is InChI=1S/C18H24N4O6/c1-10-8-13(21-28-10)20-14(23)9-22(4)17(24)16-11(2)15(12(3)19-16)18(25)27-7-6-26-5/h8,19H,6-7,9H2,1-5H3,(H,20,21,23). The first-order valence-electron chi connectivity index (χ1n) is 8.58. The van der Waals surface area contributed by atoms with E-state index in [1.165, 1.54) is 19.1 Å². The van der Waals surface area contributed by atoms with Crippen molar-refractivity contribution in [2.24, 2.45) is 0 Å². The Morgan fingerprint density at radius 1 is 1.25 bits per heavy atom. The third-order valence-electron chi connectivity index (χ3n) is 4.00. The summed E-state index contributed by atoms with van der Waals surface area (Å²) in [7, 11) is 3.00. The Kier molecular flexibility index (Phi) is 6.94. The molecular formula is C18H24N4O6. The molecule has 2 amide bonds. The Hall–Kier alpha value is -3.14. The number of H-pyrrole nitrogens is 1. The van der Waals surface area contributed by atoms with Crippen LogP contribution in [-0.4, -0.2) is 66.7 Å². The second-order valence-electron chi connectivity index (χ2n) is 6.29. The molecule has 0 unspecified atom stereocenters. The Labute approximate surface area is 162 Å². The summed E-state index contributed by atoms with van der Waals surface area (Å²) in [5.74, 6) is -0.560. The van der Waals surface area contributed by atoms with E-state index in [1.54, 1.807) is 26.8 Å². The summed E-state index contributed by atoms with van der Waals surface area (Å²) >= 11 is 0. The van der Waals surface area contributed by atoms with E-state index in [1.807, 2.05) is 0 Å². The molecule has 0 fully saturated rings. The highest BCUT2D eigenvalue weighted by Crippen LogP contribution is 2.20. The average molecular weight is 392 g/mol. The lowest BCUT2D eigenvalue weighted by atomic mass is 10.1. The zero-order valence-corrected chi connectivity index (χ0v) is 16.5. The number of carbonyl (C=O) groups is 3. The zero-order chi connectivity index (χ0) is 20.8. The van der Waals surface area contributed by atoms with E-state index in [2.05, 4.69) is 15.5 Å². The lowest BCUT2D eigenvalue weighted by molar-refractivity contribution is -0.116. The molecule has 28 heavy (non-hydrogen) atoms. The van der Waals surface area contributed by atoms with Crippen LogP contribution in [0, 0.1) is 20.8 Å². The van der Waals surface area contributed by atoms with Gasteiger partial charge in [0, 0.05) is 25.9 Å². The van der Waals surface area contributed by atoms with E-state index >= 15 is 0 Å². The minimum Gasteiger partial charge on any atom is -0.460 e. The van der Waals surface area contributed by atoms with Crippen molar-refractivity contribution in [1.29, 1.82) is 0 Å². The quantitative estimate of drug-likeness (QED) is 0.514. The van der Waals surface area contributed by atoms with Gasteiger partial charge in [-0.2, -0.15) is 0 Å². The van der Waals surface area contributed by atoms with Crippen molar-refractivity contribution in [2.75, 3.05) is 39.2 Å². The van der Waals surface area contributed by atoms with Crippen LogP contribution in [0.5, 0.6) is 0 Å². The molecule has 2 N–H and O–H groups in total. The van der Waals surface area contributed by atoms with Crippen molar-refractivity contribution < 1.29 is 28.4 Å². The number of likely N-dealkylation sites (N-methyl/N-ethyl adjacent to an activating group) is 1. The molecule has 2 rings (SSSR count). The molecule has 10 nitrogen and oxygen atoms in total. The van der Waals surface area contributed by atoms with Crippen LogP contribution in [0.1, 0.15) is 37.9 Å². The van der Waals surface area contributed by atoms with E-state index < -0.39 is 17.8 Å². The van der Waals surface area contributed by atoms with E-state index in [0.717, 1.165) is 0 Å². The van der Waals surface area contributed by atoms with Gasteiger partial charge in [0.15, 0.2) is 5.82 Å². The number of esters is 1. The molecule has 0 aromatic carbocycles. The molecule has 10 heteroatoms. The molecule has 0 bridgehead atoms. The number of anilines is 1. The smallest absolute Gasteiger partial charge is 0.340 e. The molecule has 2 aromatic rings. The first-order chi connectivity index (χ1) is 13.2. The van der Waals surface area contributed by atoms with Gasteiger partial charge in [0.25, 0.3) is 5.91 Å². The number of methoxy groups -OCH3 is 1. The Balaban J connectivity index is 2.05. The van der Waals surface area contributed by atoms with Gasteiger partial charge in [-0.1, -0.05) is 5.16 Å². The predicted molar refractivity (Wildman–Crippen MR) is 99.3 cm³/mol. The highest BCUT2D eigenvalue weighted by atomic mass is 16.6. The number of ether oxygens (including phenoxy) is 2. The van der Waals surface area contributed by atoms with E-state index in [4.69, 9.17) is 14.0 Å². The number of aromatic amines is 1. The van der Waals surface area contributed by atoms with Gasteiger partial charge in [0.05, 0.1) is 18.7 Å². The topological polar surface area (TPSA) is 127 Å². The van der Waals surface area contributed by atoms with Gasteiger partial charge in [-0.15, -0.1) is 0 Å². The molecule has 0 atom stereocenters. The van der Waals surface area contributed by atoms with E-state index in [0.29, 0.717) is 22.6 Å². The van der Waals surface area contributed by atoms with Crippen molar-refractivity contribution >= 4 is 23.6 Å². The maximum atomic E-state index is 12.7. The van der Waals surface area contributed by atoms with Gasteiger partial charge in [-0.05, 0) is 26.3 Å². The maximum Gasteiger partial charge on any atom is 0.340 e. The van der Waals surface area contributed by atoms with Gasteiger partial charge in [0.1, 0.15) is 18.1 Å². The fourth-order valence-corrected chi connectivity index (χ4v) is 2.65. The number of hydrogen-bond acceptors (Lipinski definition) is 7. The minimum atomic E-state index is -0.538. The largest absolute Gasteiger partial charge is 0.460 e. The number of hydrogen-bond donors (Lipinski definition) is 2. The average Bonchev–Trinajstić information content (AvgIpc) is 3.16. The van der Waals surface area contributed by atoms with Crippen LogP contribution in [0.15, 0.2) is 10.6 Å². The number of aryl methyl sites for hydroxylation is 2. The van der Waals surface area contributed by atoms with Crippen molar-refractivity contribution in [3.8, 4) is 0 Å². The third-order valence-corrected chi connectivity index (χ3v) is 4.00. The van der Waals surface area contributed by atoms with Crippen LogP contribution < -0.4 is 5.32 Å².